The first kappa shape index (κ1) is 10.1. The predicted molar refractivity (Wildman–Crippen MR) is 43.8 cm³/mol. The van der Waals surface area contributed by atoms with E-state index in [1.165, 1.54) is 0 Å². The standard InChI is InChI=1S/C7H7ClF2N2O/c8-6-5(13)3(1-11)4(2-12-6)7(9)10/h2,7,13H,1,11H2. The maximum Gasteiger partial charge on any atom is 0.265 e. The molecule has 0 spiro atoms. The third kappa shape index (κ3) is 1.87. The summed E-state index contributed by atoms with van der Waals surface area (Å²) >= 11 is 5.41. The van der Waals surface area contributed by atoms with Crippen LogP contribution >= 0.6 is 11.6 Å². The highest BCUT2D eigenvalue weighted by Crippen LogP contribution is 2.32. The van der Waals surface area contributed by atoms with Gasteiger partial charge in [-0.2, -0.15) is 0 Å². The van der Waals surface area contributed by atoms with Crippen molar-refractivity contribution in [1.29, 1.82) is 0 Å². The average molecular weight is 209 g/mol. The number of hydrogen-bond acceptors (Lipinski definition) is 3. The molecule has 0 unspecified atom stereocenters. The molecule has 0 bridgehead atoms. The fourth-order valence-corrected chi connectivity index (χ4v) is 1.09. The van der Waals surface area contributed by atoms with E-state index in [9.17, 15) is 13.9 Å². The molecule has 0 aliphatic heterocycles. The zero-order chi connectivity index (χ0) is 10.0. The molecule has 0 atom stereocenters. The van der Waals surface area contributed by atoms with Gasteiger partial charge in [-0.1, -0.05) is 11.6 Å². The second-order valence-electron chi connectivity index (χ2n) is 2.34. The van der Waals surface area contributed by atoms with E-state index in [1.54, 1.807) is 0 Å². The lowest BCUT2D eigenvalue weighted by Gasteiger charge is -2.08. The first-order valence-corrected chi connectivity index (χ1v) is 3.80. The van der Waals surface area contributed by atoms with Crippen molar-refractivity contribution in [2.75, 3.05) is 0 Å². The van der Waals surface area contributed by atoms with Crippen LogP contribution in [0, 0.1) is 0 Å². The molecule has 72 valence electrons. The molecule has 1 aromatic heterocycles. The lowest BCUT2D eigenvalue weighted by Crippen LogP contribution is -2.03. The number of aromatic nitrogens is 1. The summed E-state index contributed by atoms with van der Waals surface area (Å²) in [5, 5.41) is 9.00. The van der Waals surface area contributed by atoms with Gasteiger partial charge < -0.3 is 10.8 Å². The van der Waals surface area contributed by atoms with Gasteiger partial charge in [0, 0.05) is 23.9 Å². The lowest BCUT2D eigenvalue weighted by molar-refractivity contribution is 0.149. The Morgan fingerprint density at radius 3 is 2.69 bits per heavy atom. The number of alkyl halides is 2. The third-order valence-electron chi connectivity index (χ3n) is 1.59. The molecule has 0 aliphatic carbocycles. The van der Waals surface area contributed by atoms with E-state index in [0.29, 0.717) is 0 Å². The summed E-state index contributed by atoms with van der Waals surface area (Å²) in [6.45, 7) is -0.201. The highest BCUT2D eigenvalue weighted by atomic mass is 35.5. The summed E-state index contributed by atoms with van der Waals surface area (Å²) in [6, 6.07) is 0. The molecule has 1 aromatic rings. The first-order chi connectivity index (χ1) is 6.07. The molecular weight excluding hydrogens is 202 g/mol. The zero-order valence-electron chi connectivity index (χ0n) is 6.47. The van der Waals surface area contributed by atoms with Crippen LogP contribution in [-0.2, 0) is 6.54 Å². The number of pyridine rings is 1. The highest BCUT2D eigenvalue weighted by molar-refractivity contribution is 6.30. The maximum absolute atomic E-state index is 12.3. The molecule has 0 fully saturated rings. The summed E-state index contributed by atoms with van der Waals surface area (Å²) in [7, 11) is 0. The van der Waals surface area contributed by atoms with Gasteiger partial charge in [-0.3, -0.25) is 0 Å². The molecule has 3 nitrogen and oxygen atoms in total. The summed E-state index contributed by atoms with van der Waals surface area (Å²) in [5.74, 6) is -0.470. The highest BCUT2D eigenvalue weighted by Gasteiger charge is 2.17. The van der Waals surface area contributed by atoms with Crippen LogP contribution in [0.4, 0.5) is 8.78 Å². The number of rotatable bonds is 2. The van der Waals surface area contributed by atoms with E-state index in [4.69, 9.17) is 17.3 Å². The Morgan fingerprint density at radius 2 is 2.23 bits per heavy atom. The number of hydrogen-bond donors (Lipinski definition) is 2. The van der Waals surface area contributed by atoms with Crippen molar-refractivity contribution in [3.63, 3.8) is 0 Å². The molecule has 0 radical (unpaired) electrons. The number of halogens is 3. The van der Waals surface area contributed by atoms with Crippen LogP contribution in [0.2, 0.25) is 5.15 Å². The molecule has 0 aliphatic rings. The van der Waals surface area contributed by atoms with Crippen LogP contribution in [-0.4, -0.2) is 10.1 Å². The Labute approximate surface area is 78.1 Å². The lowest BCUT2D eigenvalue weighted by atomic mass is 10.1. The minimum atomic E-state index is -2.71. The van der Waals surface area contributed by atoms with E-state index in [1.807, 2.05) is 0 Å². The van der Waals surface area contributed by atoms with Crippen LogP contribution in [0.3, 0.4) is 0 Å². The van der Waals surface area contributed by atoms with Crippen molar-refractivity contribution in [2.45, 2.75) is 13.0 Å². The van der Waals surface area contributed by atoms with Crippen LogP contribution in [0.5, 0.6) is 5.75 Å². The van der Waals surface area contributed by atoms with Gasteiger partial charge in [-0.15, -0.1) is 0 Å². The van der Waals surface area contributed by atoms with Crippen molar-refractivity contribution < 1.29 is 13.9 Å². The second-order valence-corrected chi connectivity index (χ2v) is 2.69. The first-order valence-electron chi connectivity index (χ1n) is 3.42. The summed E-state index contributed by atoms with van der Waals surface area (Å²) < 4.78 is 24.6. The van der Waals surface area contributed by atoms with Crippen molar-refractivity contribution in [1.82, 2.24) is 4.98 Å². The molecule has 0 amide bonds. The minimum Gasteiger partial charge on any atom is -0.504 e. The maximum atomic E-state index is 12.3. The molecular formula is C7H7ClF2N2O. The molecule has 1 rings (SSSR count). The monoisotopic (exact) mass is 208 g/mol. The van der Waals surface area contributed by atoms with E-state index in [2.05, 4.69) is 4.98 Å². The van der Waals surface area contributed by atoms with Gasteiger partial charge in [0.15, 0.2) is 10.9 Å². The minimum absolute atomic E-state index is 0.0602. The number of nitrogens with two attached hydrogens (primary N) is 1. The zero-order valence-corrected chi connectivity index (χ0v) is 7.22. The molecule has 0 saturated heterocycles. The normalized spacial score (nSPS) is 10.8. The smallest absolute Gasteiger partial charge is 0.265 e. The van der Waals surface area contributed by atoms with Crippen molar-refractivity contribution >= 4 is 11.6 Å². The van der Waals surface area contributed by atoms with Crippen LogP contribution in [0.1, 0.15) is 17.6 Å². The summed E-state index contributed by atoms with van der Waals surface area (Å²) in [6.07, 6.45) is -1.80. The van der Waals surface area contributed by atoms with Crippen molar-refractivity contribution in [3.05, 3.63) is 22.5 Å². The molecule has 0 aromatic carbocycles. The average Bonchev–Trinajstić information content (AvgIpc) is 2.09. The van der Waals surface area contributed by atoms with Crippen LogP contribution in [0.25, 0.3) is 0 Å². The fraction of sp³-hybridized carbons (Fsp3) is 0.286. The van der Waals surface area contributed by atoms with E-state index < -0.39 is 12.2 Å². The Morgan fingerprint density at radius 1 is 1.62 bits per heavy atom. The van der Waals surface area contributed by atoms with Gasteiger partial charge in [0.05, 0.1) is 0 Å². The molecule has 13 heavy (non-hydrogen) atoms. The summed E-state index contributed by atoms with van der Waals surface area (Å²) in [5.41, 5.74) is 4.73. The topological polar surface area (TPSA) is 59.1 Å². The Balaban J connectivity index is 3.30. The van der Waals surface area contributed by atoms with Gasteiger partial charge in [-0.05, 0) is 0 Å². The SMILES string of the molecule is NCc1c(C(F)F)cnc(Cl)c1O. The molecule has 1 heterocycles. The van der Waals surface area contributed by atoms with E-state index in [0.717, 1.165) is 6.20 Å². The number of aromatic hydroxyl groups is 1. The van der Waals surface area contributed by atoms with Gasteiger partial charge in [0.25, 0.3) is 6.43 Å². The number of nitrogens with zero attached hydrogens (tertiary/aromatic N) is 1. The quantitative estimate of drug-likeness (QED) is 0.729. The summed E-state index contributed by atoms with van der Waals surface area (Å²) in [4.78, 5) is 3.39. The fourth-order valence-electron chi connectivity index (χ4n) is 0.929. The van der Waals surface area contributed by atoms with Gasteiger partial charge in [-0.25, -0.2) is 13.8 Å². The second kappa shape index (κ2) is 3.85. The third-order valence-corrected chi connectivity index (χ3v) is 1.86. The van der Waals surface area contributed by atoms with Gasteiger partial charge in [0.1, 0.15) is 0 Å². The predicted octanol–water partition coefficient (Wildman–Crippen LogP) is 1.84. The van der Waals surface area contributed by atoms with E-state index >= 15 is 0 Å². The van der Waals surface area contributed by atoms with Crippen molar-refractivity contribution in [2.24, 2.45) is 5.73 Å². The Kier molecular flexibility index (Phi) is 3.00. The molecule has 3 N–H and O–H groups in total. The largest absolute Gasteiger partial charge is 0.504 e. The van der Waals surface area contributed by atoms with Crippen LogP contribution < -0.4 is 5.73 Å². The van der Waals surface area contributed by atoms with Gasteiger partial charge in [0.2, 0.25) is 0 Å². The van der Waals surface area contributed by atoms with Crippen molar-refractivity contribution in [3.8, 4) is 5.75 Å². The van der Waals surface area contributed by atoms with E-state index in [-0.39, 0.29) is 22.8 Å². The molecule has 0 saturated carbocycles. The molecule has 6 heteroatoms. The Bertz CT molecular complexity index is 320. The Hall–Kier alpha value is -0.940. The van der Waals surface area contributed by atoms with Gasteiger partial charge >= 0.3 is 0 Å². The van der Waals surface area contributed by atoms with Crippen LogP contribution in [0.15, 0.2) is 6.20 Å².